The molecule has 114 valence electrons. The molecule has 2 heterocycles. The molecule has 2 aliphatic rings. The van der Waals surface area contributed by atoms with E-state index in [0.717, 1.165) is 31.7 Å². The van der Waals surface area contributed by atoms with Gasteiger partial charge in [0, 0.05) is 45.3 Å². The molecular weight excluding hydrogens is 268 g/mol. The first kappa shape index (κ1) is 14.3. The van der Waals surface area contributed by atoms with E-state index in [9.17, 15) is 10.1 Å². The Morgan fingerprint density at radius 3 is 3.00 bits per heavy atom. The lowest BCUT2D eigenvalue weighted by Crippen LogP contribution is -2.49. The van der Waals surface area contributed by atoms with Gasteiger partial charge in [0.05, 0.1) is 4.92 Å². The number of hydrogen-bond donors (Lipinski definition) is 1. The lowest BCUT2D eigenvalue weighted by molar-refractivity contribution is -0.384. The monoisotopic (exact) mass is 290 g/mol. The van der Waals surface area contributed by atoms with E-state index in [1.54, 1.807) is 19.2 Å². The molecule has 1 N–H and O–H groups in total. The molecule has 6 nitrogen and oxygen atoms in total. The molecule has 2 aliphatic heterocycles. The maximum atomic E-state index is 11.1. The van der Waals surface area contributed by atoms with E-state index in [1.165, 1.54) is 19.4 Å². The number of rotatable bonds is 4. The molecule has 0 saturated carbocycles. The van der Waals surface area contributed by atoms with Crippen molar-refractivity contribution in [2.24, 2.45) is 0 Å². The summed E-state index contributed by atoms with van der Waals surface area (Å²) >= 11 is 0. The smallest absolute Gasteiger partial charge is 0.292 e. The van der Waals surface area contributed by atoms with Crippen molar-refractivity contribution in [3.05, 3.63) is 33.9 Å². The Balaban J connectivity index is 1.75. The molecule has 1 atom stereocenters. The average molecular weight is 290 g/mol. The molecule has 2 fully saturated rings. The quantitative estimate of drug-likeness (QED) is 0.678. The van der Waals surface area contributed by atoms with Gasteiger partial charge in [-0.05, 0) is 24.9 Å². The van der Waals surface area contributed by atoms with Gasteiger partial charge in [0.1, 0.15) is 5.69 Å². The van der Waals surface area contributed by atoms with Gasteiger partial charge in [-0.3, -0.25) is 19.9 Å². The predicted octanol–water partition coefficient (Wildman–Crippen LogP) is 1.92. The Hall–Kier alpha value is -1.66. The average Bonchev–Trinajstić information content (AvgIpc) is 2.94. The van der Waals surface area contributed by atoms with Crippen molar-refractivity contribution in [1.29, 1.82) is 0 Å². The van der Waals surface area contributed by atoms with Crippen LogP contribution in [-0.2, 0) is 6.54 Å². The molecule has 0 spiro atoms. The number of fused-ring (bicyclic) bond motifs is 1. The zero-order valence-electron chi connectivity index (χ0n) is 12.4. The van der Waals surface area contributed by atoms with Crippen LogP contribution in [0, 0.1) is 10.1 Å². The van der Waals surface area contributed by atoms with Crippen LogP contribution in [0.2, 0.25) is 0 Å². The normalized spacial score (nSPS) is 23.0. The van der Waals surface area contributed by atoms with Crippen LogP contribution in [0.1, 0.15) is 18.4 Å². The number of nitrogens with zero attached hydrogens (tertiary/aromatic N) is 3. The highest BCUT2D eigenvalue weighted by Gasteiger charge is 2.30. The summed E-state index contributed by atoms with van der Waals surface area (Å²) in [5.74, 6) is 0. The number of anilines is 1. The van der Waals surface area contributed by atoms with E-state index in [1.807, 2.05) is 6.07 Å². The Morgan fingerprint density at radius 2 is 2.24 bits per heavy atom. The van der Waals surface area contributed by atoms with Gasteiger partial charge < -0.3 is 5.32 Å². The zero-order chi connectivity index (χ0) is 14.8. The van der Waals surface area contributed by atoms with Gasteiger partial charge in [-0.25, -0.2) is 0 Å². The fourth-order valence-electron chi connectivity index (χ4n) is 3.60. The highest BCUT2D eigenvalue weighted by atomic mass is 16.6. The SMILES string of the molecule is CNc1c(CN2CCN3CCCC3C2)cccc1[N+](=O)[O-]. The first-order valence-electron chi connectivity index (χ1n) is 7.59. The second-order valence-corrected chi connectivity index (χ2v) is 5.89. The lowest BCUT2D eigenvalue weighted by atomic mass is 10.1. The molecule has 0 aromatic heterocycles. The third kappa shape index (κ3) is 2.87. The van der Waals surface area contributed by atoms with Gasteiger partial charge in [0.25, 0.3) is 5.69 Å². The van der Waals surface area contributed by atoms with Gasteiger partial charge >= 0.3 is 0 Å². The topological polar surface area (TPSA) is 61.6 Å². The summed E-state index contributed by atoms with van der Waals surface area (Å²) in [5, 5.41) is 14.1. The molecule has 3 rings (SSSR count). The molecular formula is C15H22N4O2. The van der Waals surface area contributed by atoms with Crippen molar-refractivity contribution >= 4 is 11.4 Å². The Kier molecular flexibility index (Phi) is 4.07. The number of nitrogens with one attached hydrogen (secondary N) is 1. The van der Waals surface area contributed by atoms with Crippen molar-refractivity contribution in [2.45, 2.75) is 25.4 Å². The van der Waals surface area contributed by atoms with Crippen LogP contribution in [-0.4, -0.2) is 54.0 Å². The summed E-state index contributed by atoms with van der Waals surface area (Å²) in [6.45, 7) is 5.25. The van der Waals surface area contributed by atoms with Gasteiger partial charge in [0.2, 0.25) is 0 Å². The van der Waals surface area contributed by atoms with Crippen LogP contribution in [0.5, 0.6) is 0 Å². The lowest BCUT2D eigenvalue weighted by Gasteiger charge is -2.37. The fraction of sp³-hybridized carbons (Fsp3) is 0.600. The minimum Gasteiger partial charge on any atom is -0.382 e. The van der Waals surface area contributed by atoms with E-state index in [4.69, 9.17) is 0 Å². The molecule has 0 bridgehead atoms. The summed E-state index contributed by atoms with van der Waals surface area (Å²) in [5.41, 5.74) is 1.82. The van der Waals surface area contributed by atoms with Crippen LogP contribution in [0.15, 0.2) is 18.2 Å². The standard InChI is InChI=1S/C15H22N4O2/c1-16-15-12(4-2-6-14(15)19(20)21)10-17-8-9-18-7-3-5-13(18)11-17/h2,4,6,13,16H,3,5,7-11H2,1H3. The van der Waals surface area contributed by atoms with Crippen molar-refractivity contribution in [3.63, 3.8) is 0 Å². The molecule has 21 heavy (non-hydrogen) atoms. The van der Waals surface area contributed by atoms with Gasteiger partial charge in [-0.2, -0.15) is 0 Å². The highest BCUT2D eigenvalue weighted by molar-refractivity contribution is 5.66. The summed E-state index contributed by atoms with van der Waals surface area (Å²) in [4.78, 5) is 15.8. The van der Waals surface area contributed by atoms with E-state index >= 15 is 0 Å². The Bertz CT molecular complexity index is 534. The van der Waals surface area contributed by atoms with E-state index < -0.39 is 0 Å². The maximum Gasteiger partial charge on any atom is 0.292 e. The fourth-order valence-corrected chi connectivity index (χ4v) is 3.60. The third-order valence-corrected chi connectivity index (χ3v) is 4.64. The molecule has 0 amide bonds. The Morgan fingerprint density at radius 1 is 1.38 bits per heavy atom. The maximum absolute atomic E-state index is 11.1. The van der Waals surface area contributed by atoms with Crippen LogP contribution in [0.3, 0.4) is 0 Å². The summed E-state index contributed by atoms with van der Waals surface area (Å²) in [7, 11) is 1.75. The highest BCUT2D eigenvalue weighted by Crippen LogP contribution is 2.30. The van der Waals surface area contributed by atoms with Gasteiger partial charge in [0.15, 0.2) is 0 Å². The number of benzene rings is 1. The molecule has 6 heteroatoms. The summed E-state index contributed by atoms with van der Waals surface area (Å²) < 4.78 is 0. The number of nitro benzene ring substituents is 1. The molecule has 1 aromatic rings. The van der Waals surface area contributed by atoms with Crippen LogP contribution < -0.4 is 5.32 Å². The van der Waals surface area contributed by atoms with Crippen LogP contribution in [0.4, 0.5) is 11.4 Å². The second kappa shape index (κ2) is 5.99. The molecule has 1 aromatic carbocycles. The number of hydrogen-bond acceptors (Lipinski definition) is 5. The van der Waals surface area contributed by atoms with Crippen LogP contribution >= 0.6 is 0 Å². The van der Waals surface area contributed by atoms with E-state index in [0.29, 0.717) is 11.7 Å². The van der Waals surface area contributed by atoms with Crippen LogP contribution in [0.25, 0.3) is 0 Å². The minimum absolute atomic E-state index is 0.162. The van der Waals surface area contributed by atoms with E-state index in [2.05, 4.69) is 15.1 Å². The predicted molar refractivity (Wildman–Crippen MR) is 82.5 cm³/mol. The number of piperazine rings is 1. The molecule has 1 unspecified atom stereocenters. The Labute approximate surface area is 124 Å². The third-order valence-electron chi connectivity index (χ3n) is 4.64. The first-order valence-corrected chi connectivity index (χ1v) is 7.59. The minimum atomic E-state index is -0.315. The largest absolute Gasteiger partial charge is 0.382 e. The van der Waals surface area contributed by atoms with Gasteiger partial charge in [-0.15, -0.1) is 0 Å². The van der Waals surface area contributed by atoms with Crippen molar-refractivity contribution in [1.82, 2.24) is 9.80 Å². The number of nitro groups is 1. The van der Waals surface area contributed by atoms with Crippen molar-refractivity contribution < 1.29 is 4.92 Å². The number of para-hydroxylation sites is 1. The zero-order valence-corrected chi connectivity index (χ0v) is 12.4. The first-order chi connectivity index (χ1) is 10.2. The van der Waals surface area contributed by atoms with Gasteiger partial charge in [-0.1, -0.05) is 12.1 Å². The molecule has 2 saturated heterocycles. The molecule has 0 aliphatic carbocycles. The van der Waals surface area contributed by atoms with Crippen molar-refractivity contribution in [2.75, 3.05) is 38.5 Å². The van der Waals surface area contributed by atoms with Crippen molar-refractivity contribution in [3.8, 4) is 0 Å². The second-order valence-electron chi connectivity index (χ2n) is 5.89. The summed E-state index contributed by atoms with van der Waals surface area (Å²) in [6, 6.07) is 6.00. The molecule has 0 radical (unpaired) electrons. The van der Waals surface area contributed by atoms with E-state index in [-0.39, 0.29) is 10.6 Å². The summed E-state index contributed by atoms with van der Waals surface area (Å²) in [6.07, 6.45) is 2.58.